The summed E-state index contributed by atoms with van der Waals surface area (Å²) in [5.74, 6) is 1.43. The number of ether oxygens (including phenoxy) is 3. The zero-order valence-corrected chi connectivity index (χ0v) is 21.6. The fourth-order valence-corrected chi connectivity index (χ4v) is 4.90. The number of H-pyrrole nitrogens is 1. The molecule has 1 N–H and O–H groups in total. The van der Waals surface area contributed by atoms with Crippen LogP contribution in [0.3, 0.4) is 0 Å². The number of nitro benzene ring substituents is 1. The first-order valence-corrected chi connectivity index (χ1v) is 12.3. The molecule has 5 aromatic rings. The number of thiazole rings is 1. The number of rotatable bonds is 8. The molecule has 0 radical (unpaired) electrons. The second-order valence-corrected chi connectivity index (χ2v) is 8.86. The quantitative estimate of drug-likeness (QED) is 0.156. The molecule has 0 spiro atoms. The van der Waals surface area contributed by atoms with Gasteiger partial charge in [-0.25, -0.2) is 9.67 Å². The van der Waals surface area contributed by atoms with E-state index >= 15 is 0 Å². The number of hydrogen-bond donors (Lipinski definition) is 1. The largest absolute Gasteiger partial charge is 0.493 e. The van der Waals surface area contributed by atoms with Gasteiger partial charge in [-0.05, 0) is 24.3 Å². The number of benzene rings is 3. The molecule has 11 heteroatoms. The van der Waals surface area contributed by atoms with Crippen LogP contribution in [0.4, 0.5) is 11.4 Å². The topological polar surface area (TPSA) is 116 Å². The van der Waals surface area contributed by atoms with E-state index in [1.807, 2.05) is 48.0 Å². The Kier molecular flexibility index (Phi) is 6.92. The summed E-state index contributed by atoms with van der Waals surface area (Å²) in [6, 6.07) is 17.9. The molecule has 192 valence electrons. The van der Waals surface area contributed by atoms with Crippen LogP contribution in [0, 0.1) is 10.1 Å². The van der Waals surface area contributed by atoms with Crippen molar-refractivity contribution in [1.82, 2.24) is 9.66 Å². The summed E-state index contributed by atoms with van der Waals surface area (Å²) in [5.41, 5.74) is 3.42. The number of nitro groups is 1. The van der Waals surface area contributed by atoms with Crippen molar-refractivity contribution in [2.75, 3.05) is 21.3 Å². The molecule has 0 saturated carbocycles. The van der Waals surface area contributed by atoms with Gasteiger partial charge in [0.15, 0.2) is 11.5 Å². The summed E-state index contributed by atoms with van der Waals surface area (Å²) in [5, 5.41) is 19.3. The predicted molar refractivity (Wildman–Crippen MR) is 147 cm³/mol. The number of para-hydroxylation sites is 3. The molecule has 3 aromatic carbocycles. The van der Waals surface area contributed by atoms with Gasteiger partial charge in [-0.1, -0.05) is 30.3 Å². The lowest BCUT2D eigenvalue weighted by molar-refractivity contribution is -0.384. The van der Waals surface area contributed by atoms with Gasteiger partial charge in [-0.3, -0.25) is 10.1 Å². The van der Waals surface area contributed by atoms with Gasteiger partial charge in [0, 0.05) is 39.7 Å². The van der Waals surface area contributed by atoms with Crippen molar-refractivity contribution < 1.29 is 19.1 Å². The van der Waals surface area contributed by atoms with Crippen LogP contribution < -0.4 is 19.0 Å². The maximum absolute atomic E-state index is 11.6. The highest BCUT2D eigenvalue weighted by molar-refractivity contribution is 7.07. The fraction of sp³-hybridized carbons (Fsp3) is 0.111. The smallest absolute Gasteiger partial charge is 0.294 e. The highest BCUT2D eigenvalue weighted by atomic mass is 32.1. The van der Waals surface area contributed by atoms with Crippen LogP contribution in [0.15, 0.2) is 82.3 Å². The standard InChI is InChI=1S/C27H23N5O5S/c1-35-24-12-17(13-25(36-2)26(24)37-3)23-16-38-27(30-21-10-6-7-11-22(21)32(33)34)31(23)29-15-18-14-28-20-9-5-4-8-19(18)20/h4-16,28H,1-3H3. The lowest BCUT2D eigenvalue weighted by Crippen LogP contribution is -2.12. The van der Waals surface area contributed by atoms with Crippen molar-refractivity contribution in [3.8, 4) is 28.5 Å². The molecule has 10 nitrogen and oxygen atoms in total. The number of fused-ring (bicyclic) bond motifs is 1. The van der Waals surface area contributed by atoms with Gasteiger partial charge in [-0.2, -0.15) is 5.10 Å². The highest BCUT2D eigenvalue weighted by Crippen LogP contribution is 2.41. The van der Waals surface area contributed by atoms with Gasteiger partial charge in [0.05, 0.1) is 38.2 Å². The summed E-state index contributed by atoms with van der Waals surface area (Å²) in [4.78, 5) is 19.5. The van der Waals surface area contributed by atoms with Crippen molar-refractivity contribution in [2.45, 2.75) is 0 Å². The third-order valence-corrected chi connectivity index (χ3v) is 6.69. The number of hydrogen-bond acceptors (Lipinski definition) is 8. The van der Waals surface area contributed by atoms with E-state index in [-0.39, 0.29) is 11.4 Å². The number of methoxy groups -OCH3 is 3. The van der Waals surface area contributed by atoms with Gasteiger partial charge >= 0.3 is 0 Å². The van der Waals surface area contributed by atoms with E-state index in [9.17, 15) is 10.1 Å². The number of aromatic amines is 1. The van der Waals surface area contributed by atoms with Crippen molar-refractivity contribution in [1.29, 1.82) is 0 Å². The molecule has 0 bridgehead atoms. The summed E-state index contributed by atoms with van der Waals surface area (Å²) < 4.78 is 18.2. The monoisotopic (exact) mass is 529 g/mol. The second-order valence-electron chi connectivity index (χ2n) is 8.02. The van der Waals surface area contributed by atoms with Crippen LogP contribution in [0.25, 0.3) is 22.2 Å². The molecular weight excluding hydrogens is 506 g/mol. The van der Waals surface area contributed by atoms with Crippen LogP contribution in [0.5, 0.6) is 17.2 Å². The van der Waals surface area contributed by atoms with Crippen molar-refractivity contribution in [3.63, 3.8) is 0 Å². The molecule has 0 aliphatic rings. The maximum atomic E-state index is 11.6. The lowest BCUT2D eigenvalue weighted by atomic mass is 10.1. The van der Waals surface area contributed by atoms with Crippen LogP contribution >= 0.6 is 11.3 Å². The Bertz CT molecular complexity index is 1710. The van der Waals surface area contributed by atoms with Crippen molar-refractivity contribution in [2.24, 2.45) is 10.1 Å². The Morgan fingerprint density at radius 1 is 1.00 bits per heavy atom. The predicted octanol–water partition coefficient (Wildman–Crippen LogP) is 5.75. The molecule has 0 unspecified atom stereocenters. The van der Waals surface area contributed by atoms with Crippen molar-refractivity contribution >= 4 is 39.8 Å². The van der Waals surface area contributed by atoms with Crippen molar-refractivity contribution in [3.05, 3.63) is 92.7 Å². The average molecular weight is 530 g/mol. The van der Waals surface area contributed by atoms with Crippen LogP contribution in [0.1, 0.15) is 5.56 Å². The molecule has 2 heterocycles. The van der Waals surface area contributed by atoms with E-state index in [0.717, 1.165) is 22.0 Å². The summed E-state index contributed by atoms with van der Waals surface area (Å²) >= 11 is 1.30. The molecule has 0 aliphatic carbocycles. The number of aromatic nitrogens is 2. The summed E-state index contributed by atoms with van der Waals surface area (Å²) in [6.45, 7) is 0. The Morgan fingerprint density at radius 3 is 2.42 bits per heavy atom. The first-order valence-electron chi connectivity index (χ1n) is 11.4. The molecule has 0 atom stereocenters. The van der Waals surface area contributed by atoms with E-state index in [1.165, 1.54) is 17.4 Å². The fourth-order valence-electron chi connectivity index (χ4n) is 4.05. The maximum Gasteiger partial charge on any atom is 0.294 e. The Morgan fingerprint density at radius 2 is 1.71 bits per heavy atom. The molecule has 0 amide bonds. The molecule has 0 fully saturated rings. The normalized spacial score (nSPS) is 11.8. The molecule has 2 aromatic heterocycles. The highest BCUT2D eigenvalue weighted by Gasteiger charge is 2.18. The van der Waals surface area contributed by atoms with Gasteiger partial charge < -0.3 is 19.2 Å². The molecule has 0 saturated heterocycles. The van der Waals surface area contributed by atoms with Gasteiger partial charge in [0.1, 0.15) is 5.69 Å². The zero-order chi connectivity index (χ0) is 26.6. The Balaban J connectivity index is 1.72. The second kappa shape index (κ2) is 10.6. The minimum absolute atomic E-state index is 0.0950. The average Bonchev–Trinajstić information content (AvgIpc) is 3.54. The van der Waals surface area contributed by atoms with E-state index in [2.05, 4.69) is 9.98 Å². The van der Waals surface area contributed by atoms with Gasteiger partial charge in [0.25, 0.3) is 5.69 Å². The number of nitrogens with zero attached hydrogens (tertiary/aromatic N) is 4. The summed E-state index contributed by atoms with van der Waals surface area (Å²) in [7, 11) is 4.64. The van der Waals surface area contributed by atoms with Crippen LogP contribution in [-0.4, -0.2) is 42.1 Å². The summed E-state index contributed by atoms with van der Waals surface area (Å²) in [6.07, 6.45) is 3.60. The third kappa shape index (κ3) is 4.62. The molecular formula is C27H23N5O5S. The van der Waals surface area contributed by atoms with Crippen LogP contribution in [-0.2, 0) is 0 Å². The zero-order valence-electron chi connectivity index (χ0n) is 20.7. The molecule has 38 heavy (non-hydrogen) atoms. The van der Waals surface area contributed by atoms with E-state index in [1.54, 1.807) is 50.4 Å². The Hall–Kier alpha value is -4.90. The first kappa shape index (κ1) is 24.8. The van der Waals surface area contributed by atoms with Gasteiger partial charge in [-0.15, -0.1) is 11.3 Å². The van der Waals surface area contributed by atoms with Gasteiger partial charge in [0.2, 0.25) is 10.6 Å². The van der Waals surface area contributed by atoms with Crippen LogP contribution in [0.2, 0.25) is 0 Å². The molecule has 5 rings (SSSR count). The minimum atomic E-state index is -0.452. The SMILES string of the molecule is COc1cc(-c2csc(=Nc3ccccc3[N+](=O)[O-])n2N=Cc2c[nH]c3ccccc23)cc(OC)c1OC. The third-order valence-electron chi connectivity index (χ3n) is 5.87. The molecule has 0 aliphatic heterocycles. The van der Waals surface area contributed by atoms with E-state index < -0.39 is 4.92 Å². The minimum Gasteiger partial charge on any atom is -0.493 e. The first-order chi connectivity index (χ1) is 18.5. The van der Waals surface area contributed by atoms with E-state index in [0.29, 0.717) is 27.7 Å². The lowest BCUT2D eigenvalue weighted by Gasteiger charge is -2.14. The Labute approximate surface area is 221 Å². The number of nitrogens with one attached hydrogen (secondary N) is 1. The van der Waals surface area contributed by atoms with E-state index in [4.69, 9.17) is 19.3 Å².